The lowest BCUT2D eigenvalue weighted by Crippen LogP contribution is -2.45. The largest absolute Gasteiger partial charge is 0.339 e. The molecule has 0 spiro atoms. The number of hydrogen-bond acceptors (Lipinski definition) is 4. The van der Waals surface area contributed by atoms with Crippen molar-refractivity contribution in [1.82, 2.24) is 9.88 Å². The predicted molar refractivity (Wildman–Crippen MR) is 108 cm³/mol. The smallest absolute Gasteiger partial charge is 0.226 e. The van der Waals surface area contributed by atoms with Gasteiger partial charge in [-0.1, -0.05) is 25.7 Å². The highest BCUT2D eigenvalue weighted by Crippen LogP contribution is 2.44. The van der Waals surface area contributed by atoms with Crippen molar-refractivity contribution < 1.29 is 9.59 Å². The summed E-state index contributed by atoms with van der Waals surface area (Å²) >= 11 is 1.44. The predicted octanol–water partition coefficient (Wildman–Crippen LogP) is 4.60. The summed E-state index contributed by atoms with van der Waals surface area (Å²) in [5.74, 6) is 1.04. The lowest BCUT2D eigenvalue weighted by molar-refractivity contribution is -0.137. The van der Waals surface area contributed by atoms with E-state index in [0.717, 1.165) is 44.6 Å². The van der Waals surface area contributed by atoms with Crippen molar-refractivity contribution in [3.8, 4) is 0 Å². The molecule has 2 aliphatic carbocycles. The lowest BCUT2D eigenvalue weighted by atomic mass is 9.69. The maximum atomic E-state index is 13.3. The summed E-state index contributed by atoms with van der Waals surface area (Å²) in [6.45, 7) is 0.918. The van der Waals surface area contributed by atoms with E-state index in [4.69, 9.17) is 0 Å². The van der Waals surface area contributed by atoms with Gasteiger partial charge >= 0.3 is 0 Å². The van der Waals surface area contributed by atoms with Gasteiger partial charge in [-0.25, -0.2) is 4.98 Å². The molecule has 4 rings (SSSR count). The molecule has 6 heteroatoms. The third kappa shape index (κ3) is 4.36. The average Bonchev–Trinajstić information content (AvgIpc) is 3.26. The van der Waals surface area contributed by atoms with Crippen LogP contribution < -0.4 is 5.32 Å². The van der Waals surface area contributed by atoms with Crippen molar-refractivity contribution in [3.05, 3.63) is 11.6 Å². The summed E-state index contributed by atoms with van der Waals surface area (Å²) in [5, 5.41) is 5.44. The molecule has 1 atom stereocenters. The standard InChI is InChI=1S/C21H31N3O2S/c25-18(23-20-22-11-13-27-20)14-21(9-2-1-3-10-21)15-19(26)24-12-5-8-17(24)16-6-4-7-16/h11,13,16-17H,1-10,12,14-15H2,(H,22,23,25). The molecule has 148 valence electrons. The topological polar surface area (TPSA) is 62.3 Å². The van der Waals surface area contributed by atoms with Gasteiger partial charge in [0.25, 0.3) is 0 Å². The van der Waals surface area contributed by atoms with E-state index in [0.29, 0.717) is 29.9 Å². The zero-order valence-electron chi connectivity index (χ0n) is 16.1. The minimum absolute atomic E-state index is 0.0108. The number of likely N-dealkylation sites (tertiary alicyclic amines) is 1. The Bertz CT molecular complexity index is 650. The summed E-state index contributed by atoms with van der Waals surface area (Å²) in [6, 6.07) is 0.469. The number of nitrogens with one attached hydrogen (secondary N) is 1. The number of aromatic nitrogens is 1. The minimum atomic E-state index is -0.163. The normalized spacial score (nSPS) is 25.2. The molecule has 1 aromatic heterocycles. The third-order valence-corrected chi connectivity index (χ3v) is 7.66. The number of anilines is 1. The van der Waals surface area contributed by atoms with Crippen molar-refractivity contribution in [3.63, 3.8) is 0 Å². The molecule has 1 saturated heterocycles. The van der Waals surface area contributed by atoms with Crippen LogP contribution in [0.15, 0.2) is 11.6 Å². The Kier molecular flexibility index (Phi) is 5.81. The van der Waals surface area contributed by atoms with E-state index in [2.05, 4.69) is 15.2 Å². The lowest BCUT2D eigenvalue weighted by Gasteiger charge is -2.41. The maximum Gasteiger partial charge on any atom is 0.226 e. The Balaban J connectivity index is 1.41. The monoisotopic (exact) mass is 389 g/mol. The molecule has 27 heavy (non-hydrogen) atoms. The molecule has 0 radical (unpaired) electrons. The first-order valence-corrected chi connectivity index (χ1v) is 11.5. The van der Waals surface area contributed by atoms with Gasteiger partial charge in [0.2, 0.25) is 11.8 Å². The van der Waals surface area contributed by atoms with Crippen molar-refractivity contribution >= 4 is 28.3 Å². The average molecular weight is 390 g/mol. The molecule has 1 aliphatic heterocycles. The van der Waals surface area contributed by atoms with E-state index in [-0.39, 0.29) is 11.3 Å². The van der Waals surface area contributed by atoms with Crippen LogP contribution in [0.5, 0.6) is 0 Å². The number of thiazole rings is 1. The van der Waals surface area contributed by atoms with Gasteiger partial charge in [0.1, 0.15) is 0 Å². The summed E-state index contributed by atoms with van der Waals surface area (Å²) < 4.78 is 0. The van der Waals surface area contributed by atoms with E-state index in [1.54, 1.807) is 6.20 Å². The molecule has 5 nitrogen and oxygen atoms in total. The first-order chi connectivity index (χ1) is 13.2. The van der Waals surface area contributed by atoms with Crippen LogP contribution in [0, 0.1) is 11.3 Å². The molecule has 1 aromatic rings. The Morgan fingerprint density at radius 2 is 1.93 bits per heavy atom. The number of nitrogens with zero attached hydrogens (tertiary/aromatic N) is 2. The molecule has 3 aliphatic rings. The summed E-state index contributed by atoms with van der Waals surface area (Å²) in [4.78, 5) is 32.2. The van der Waals surface area contributed by atoms with Gasteiger partial charge in [-0.2, -0.15) is 0 Å². The maximum absolute atomic E-state index is 13.3. The van der Waals surface area contributed by atoms with Gasteiger partial charge in [-0.3, -0.25) is 9.59 Å². The van der Waals surface area contributed by atoms with Crippen LogP contribution in [-0.4, -0.2) is 34.3 Å². The second-order valence-corrected chi connectivity index (χ2v) is 9.68. The van der Waals surface area contributed by atoms with Crippen LogP contribution in [-0.2, 0) is 9.59 Å². The van der Waals surface area contributed by atoms with Crippen LogP contribution in [0.1, 0.15) is 77.0 Å². The molecule has 2 heterocycles. The highest BCUT2D eigenvalue weighted by molar-refractivity contribution is 7.13. The van der Waals surface area contributed by atoms with E-state index in [9.17, 15) is 9.59 Å². The van der Waals surface area contributed by atoms with Crippen LogP contribution in [0.2, 0.25) is 0 Å². The summed E-state index contributed by atoms with van der Waals surface area (Å²) in [6.07, 6.45) is 14.4. The van der Waals surface area contributed by atoms with E-state index in [1.165, 1.54) is 43.4 Å². The fourth-order valence-corrected chi connectivity index (χ4v) is 5.89. The Morgan fingerprint density at radius 1 is 1.11 bits per heavy atom. The number of carbonyl (C=O) groups is 2. The number of hydrogen-bond donors (Lipinski definition) is 1. The molecule has 1 N–H and O–H groups in total. The zero-order chi connectivity index (χ0) is 18.7. The minimum Gasteiger partial charge on any atom is -0.339 e. The Hall–Kier alpha value is -1.43. The van der Waals surface area contributed by atoms with E-state index < -0.39 is 0 Å². The second-order valence-electron chi connectivity index (χ2n) is 8.79. The molecule has 0 aromatic carbocycles. The van der Waals surface area contributed by atoms with Gasteiger partial charge in [-0.15, -0.1) is 11.3 Å². The fourth-order valence-electron chi connectivity index (χ4n) is 5.35. The number of amides is 2. The first-order valence-electron chi connectivity index (χ1n) is 10.6. The van der Waals surface area contributed by atoms with Gasteiger partial charge in [0.15, 0.2) is 5.13 Å². The van der Waals surface area contributed by atoms with Gasteiger partial charge in [-0.05, 0) is 49.9 Å². The van der Waals surface area contributed by atoms with E-state index in [1.807, 2.05) is 5.38 Å². The van der Waals surface area contributed by atoms with Crippen LogP contribution in [0.25, 0.3) is 0 Å². The quantitative estimate of drug-likeness (QED) is 0.773. The van der Waals surface area contributed by atoms with E-state index >= 15 is 0 Å². The van der Waals surface area contributed by atoms with Crippen LogP contribution in [0.4, 0.5) is 5.13 Å². The van der Waals surface area contributed by atoms with Crippen LogP contribution in [0.3, 0.4) is 0 Å². The number of carbonyl (C=O) groups excluding carboxylic acids is 2. The van der Waals surface area contributed by atoms with Gasteiger partial charge < -0.3 is 10.2 Å². The van der Waals surface area contributed by atoms with Crippen molar-refractivity contribution in [2.45, 2.75) is 83.1 Å². The molecule has 2 amide bonds. The summed E-state index contributed by atoms with van der Waals surface area (Å²) in [5.41, 5.74) is -0.163. The SMILES string of the molecule is O=C(CC1(CC(=O)N2CCCC2C2CCC2)CCCCC1)Nc1nccs1. The van der Waals surface area contributed by atoms with Gasteiger partial charge in [0.05, 0.1) is 0 Å². The first kappa shape index (κ1) is 18.9. The highest BCUT2D eigenvalue weighted by atomic mass is 32.1. The van der Waals surface area contributed by atoms with Crippen molar-refractivity contribution in [2.75, 3.05) is 11.9 Å². The van der Waals surface area contributed by atoms with Crippen LogP contribution >= 0.6 is 11.3 Å². The molecule has 2 saturated carbocycles. The molecular weight excluding hydrogens is 358 g/mol. The van der Waals surface area contributed by atoms with Crippen molar-refractivity contribution in [1.29, 1.82) is 0 Å². The van der Waals surface area contributed by atoms with Gasteiger partial charge in [0, 0.05) is 37.0 Å². The number of rotatable bonds is 6. The Labute approximate surface area is 165 Å². The molecule has 0 bridgehead atoms. The fraction of sp³-hybridized carbons (Fsp3) is 0.762. The zero-order valence-corrected chi connectivity index (χ0v) is 16.9. The second kappa shape index (κ2) is 8.29. The summed E-state index contributed by atoms with van der Waals surface area (Å²) in [7, 11) is 0. The van der Waals surface area contributed by atoms with Crippen molar-refractivity contribution in [2.24, 2.45) is 11.3 Å². The molecule has 1 unspecified atom stereocenters. The molecule has 3 fully saturated rings. The third-order valence-electron chi connectivity index (χ3n) is 6.97. The Morgan fingerprint density at radius 3 is 2.59 bits per heavy atom. The highest BCUT2D eigenvalue weighted by Gasteiger charge is 2.42. The molecular formula is C21H31N3O2S.